The normalized spacial score (nSPS) is 21.4. The van der Waals surface area contributed by atoms with Crippen molar-refractivity contribution in [1.29, 1.82) is 0 Å². The zero-order valence-corrected chi connectivity index (χ0v) is 7.76. The molecule has 0 radical (unpaired) electrons. The molecule has 0 aromatic heterocycles. The van der Waals surface area contributed by atoms with Gasteiger partial charge in [-0.25, -0.2) is 0 Å². The van der Waals surface area contributed by atoms with E-state index in [9.17, 15) is 5.11 Å². The molecule has 1 heterocycles. The first-order valence-electron chi connectivity index (χ1n) is 4.37. The lowest BCUT2D eigenvalue weighted by Gasteiger charge is -2.23. The van der Waals surface area contributed by atoms with Gasteiger partial charge in [0, 0.05) is 6.42 Å². The minimum atomic E-state index is -0.792. The van der Waals surface area contributed by atoms with Crippen LogP contribution in [-0.4, -0.2) is 30.9 Å². The fourth-order valence-corrected chi connectivity index (χ4v) is 1.28. The molecule has 1 unspecified atom stereocenters. The van der Waals surface area contributed by atoms with Crippen LogP contribution in [0.25, 0.3) is 0 Å². The molecule has 2 N–H and O–H groups in total. The van der Waals surface area contributed by atoms with Gasteiger partial charge in [-0.15, -0.1) is 0 Å². The molecule has 0 aromatic rings. The molecule has 0 saturated carbocycles. The first-order valence-corrected chi connectivity index (χ1v) is 4.37. The van der Waals surface area contributed by atoms with Crippen LogP contribution in [0.15, 0.2) is 11.8 Å². The Labute approximate surface area is 73.4 Å². The van der Waals surface area contributed by atoms with Crippen molar-refractivity contribution in [2.24, 2.45) is 0 Å². The van der Waals surface area contributed by atoms with Gasteiger partial charge in [0.05, 0.1) is 6.61 Å². The number of nitrogens with one attached hydrogen (secondary N) is 1. The summed E-state index contributed by atoms with van der Waals surface area (Å²) in [6.45, 7) is 3.31. The van der Waals surface area contributed by atoms with E-state index in [4.69, 9.17) is 4.74 Å². The van der Waals surface area contributed by atoms with Gasteiger partial charge in [-0.05, 0) is 33.0 Å². The summed E-state index contributed by atoms with van der Waals surface area (Å²) in [4.78, 5) is 0. The van der Waals surface area contributed by atoms with Crippen molar-refractivity contribution in [2.75, 3.05) is 20.2 Å². The molecule has 0 amide bonds. The van der Waals surface area contributed by atoms with E-state index in [-0.39, 0.29) is 0 Å². The molecule has 3 heteroatoms. The lowest BCUT2D eigenvalue weighted by molar-refractivity contribution is 0.0284. The van der Waals surface area contributed by atoms with Gasteiger partial charge >= 0.3 is 0 Å². The highest BCUT2D eigenvalue weighted by atomic mass is 16.5. The third-order valence-corrected chi connectivity index (χ3v) is 2.10. The molecule has 3 nitrogen and oxygen atoms in total. The highest BCUT2D eigenvalue weighted by Gasteiger charge is 2.28. The minimum Gasteiger partial charge on any atom is -0.495 e. The Morgan fingerprint density at radius 1 is 1.75 bits per heavy atom. The maximum absolute atomic E-state index is 9.91. The molecule has 0 aromatic carbocycles. The number of hydrogen-bond donors (Lipinski definition) is 2. The van der Waals surface area contributed by atoms with Crippen molar-refractivity contribution in [2.45, 2.75) is 25.4 Å². The largest absolute Gasteiger partial charge is 0.495 e. The topological polar surface area (TPSA) is 41.5 Å². The third-order valence-electron chi connectivity index (χ3n) is 2.10. The van der Waals surface area contributed by atoms with E-state index in [1.54, 1.807) is 6.92 Å². The molecule has 12 heavy (non-hydrogen) atoms. The van der Waals surface area contributed by atoms with Crippen molar-refractivity contribution >= 4 is 0 Å². The minimum absolute atomic E-state index is 0.690. The van der Waals surface area contributed by atoms with Gasteiger partial charge in [0.25, 0.3) is 0 Å². The molecular weight excluding hydrogens is 154 g/mol. The van der Waals surface area contributed by atoms with Crippen LogP contribution < -0.4 is 5.32 Å². The summed E-state index contributed by atoms with van der Waals surface area (Å²) in [5, 5.41) is 12.9. The second kappa shape index (κ2) is 3.92. The molecule has 0 spiro atoms. The summed E-state index contributed by atoms with van der Waals surface area (Å²) < 4.78 is 5.30. The van der Waals surface area contributed by atoms with Gasteiger partial charge in [0.1, 0.15) is 11.4 Å². The quantitative estimate of drug-likeness (QED) is 0.652. The predicted molar refractivity (Wildman–Crippen MR) is 47.8 cm³/mol. The third kappa shape index (κ3) is 2.22. The van der Waals surface area contributed by atoms with E-state index >= 15 is 0 Å². The van der Waals surface area contributed by atoms with Crippen molar-refractivity contribution in [3.63, 3.8) is 0 Å². The molecule has 1 rings (SSSR count). The van der Waals surface area contributed by atoms with Gasteiger partial charge in [-0.3, -0.25) is 0 Å². The molecule has 0 aliphatic carbocycles. The highest BCUT2D eigenvalue weighted by molar-refractivity contribution is 5.11. The molecule has 1 aliphatic rings. The van der Waals surface area contributed by atoms with Crippen LogP contribution in [0, 0.1) is 0 Å². The lowest BCUT2D eigenvalue weighted by Crippen LogP contribution is -2.31. The van der Waals surface area contributed by atoms with Crippen molar-refractivity contribution < 1.29 is 9.84 Å². The van der Waals surface area contributed by atoms with Gasteiger partial charge < -0.3 is 15.2 Å². The Morgan fingerprint density at radius 3 is 3.00 bits per heavy atom. The van der Waals surface area contributed by atoms with E-state index in [0.29, 0.717) is 13.0 Å². The predicted octanol–water partition coefficient (Wildman–Crippen LogP) is 0.651. The number of ether oxygens (including phenoxy) is 1. The number of hydrogen-bond acceptors (Lipinski definition) is 3. The van der Waals surface area contributed by atoms with Crippen LogP contribution in [0.4, 0.5) is 0 Å². The summed E-state index contributed by atoms with van der Waals surface area (Å²) in [6, 6.07) is 0. The monoisotopic (exact) mass is 171 g/mol. The van der Waals surface area contributed by atoms with Crippen LogP contribution in [0.1, 0.15) is 19.8 Å². The molecular formula is C9H17NO2. The second-order valence-electron chi connectivity index (χ2n) is 3.33. The van der Waals surface area contributed by atoms with E-state index in [2.05, 4.69) is 5.32 Å². The Balaban J connectivity index is 2.45. The van der Waals surface area contributed by atoms with Crippen molar-refractivity contribution in [3.8, 4) is 0 Å². The molecule has 0 fully saturated rings. The number of aliphatic hydroxyl groups is 1. The van der Waals surface area contributed by atoms with Crippen molar-refractivity contribution in [1.82, 2.24) is 5.32 Å². The average Bonchev–Trinajstić information content (AvgIpc) is 2.53. The summed E-state index contributed by atoms with van der Waals surface area (Å²) in [5.74, 6) is 0.734. The van der Waals surface area contributed by atoms with Crippen LogP contribution in [0.3, 0.4) is 0 Å². The fraction of sp³-hybridized carbons (Fsp3) is 0.778. The van der Waals surface area contributed by atoms with Crippen LogP contribution in [-0.2, 0) is 4.74 Å². The number of rotatable bonds is 4. The molecule has 0 saturated heterocycles. The zero-order valence-electron chi connectivity index (χ0n) is 7.76. The van der Waals surface area contributed by atoms with E-state index < -0.39 is 5.60 Å². The lowest BCUT2D eigenvalue weighted by atomic mass is 10.00. The Bertz CT molecular complexity index is 175. The first kappa shape index (κ1) is 9.55. The second-order valence-corrected chi connectivity index (χ2v) is 3.33. The Kier molecular flexibility index (Phi) is 3.12. The van der Waals surface area contributed by atoms with Gasteiger partial charge in [0.2, 0.25) is 0 Å². The van der Waals surface area contributed by atoms with Gasteiger partial charge in [-0.1, -0.05) is 0 Å². The fourth-order valence-electron chi connectivity index (χ4n) is 1.28. The van der Waals surface area contributed by atoms with E-state index in [1.165, 1.54) is 0 Å². The van der Waals surface area contributed by atoms with Crippen molar-refractivity contribution in [3.05, 3.63) is 11.8 Å². The van der Waals surface area contributed by atoms with Gasteiger partial charge in [0.15, 0.2) is 0 Å². The maximum Gasteiger partial charge on any atom is 0.123 e. The SMILES string of the molecule is CNCCC(C)(O)C1=CCCO1. The molecule has 0 bridgehead atoms. The summed E-state index contributed by atoms with van der Waals surface area (Å²) in [5.41, 5.74) is -0.792. The van der Waals surface area contributed by atoms with E-state index in [0.717, 1.165) is 18.7 Å². The van der Waals surface area contributed by atoms with Gasteiger partial charge in [-0.2, -0.15) is 0 Å². The zero-order chi connectivity index (χ0) is 9.03. The Hall–Kier alpha value is -0.540. The molecule has 70 valence electrons. The van der Waals surface area contributed by atoms with Crippen LogP contribution >= 0.6 is 0 Å². The highest BCUT2D eigenvalue weighted by Crippen LogP contribution is 2.25. The first-order chi connectivity index (χ1) is 5.67. The summed E-state index contributed by atoms with van der Waals surface area (Å²) >= 11 is 0. The summed E-state index contributed by atoms with van der Waals surface area (Å²) in [6.07, 6.45) is 3.58. The summed E-state index contributed by atoms with van der Waals surface area (Å²) in [7, 11) is 1.87. The standard InChI is InChI=1S/C9H17NO2/c1-9(11,5-6-10-2)8-4-3-7-12-8/h4,10-11H,3,5-7H2,1-2H3. The molecule has 1 atom stereocenters. The van der Waals surface area contributed by atoms with E-state index in [1.807, 2.05) is 13.1 Å². The molecule has 1 aliphatic heterocycles. The maximum atomic E-state index is 9.91. The average molecular weight is 171 g/mol. The van der Waals surface area contributed by atoms with Crippen LogP contribution in [0.5, 0.6) is 0 Å². The van der Waals surface area contributed by atoms with Crippen LogP contribution in [0.2, 0.25) is 0 Å². The smallest absolute Gasteiger partial charge is 0.123 e. The Morgan fingerprint density at radius 2 is 2.50 bits per heavy atom.